The maximum Gasteiger partial charge on any atom is 0.305 e. The summed E-state index contributed by atoms with van der Waals surface area (Å²) in [5, 5.41) is 11.6. The lowest BCUT2D eigenvalue weighted by Crippen LogP contribution is -2.52. The van der Waals surface area contributed by atoms with Gasteiger partial charge >= 0.3 is 5.97 Å². The van der Waals surface area contributed by atoms with E-state index in [1.807, 2.05) is 34.6 Å². The Labute approximate surface area is 109 Å². The van der Waals surface area contributed by atoms with Crippen LogP contribution in [0.5, 0.6) is 0 Å². The Balaban J connectivity index is 4.68. The summed E-state index contributed by atoms with van der Waals surface area (Å²) in [7, 11) is 0. The minimum Gasteiger partial charge on any atom is -0.481 e. The fourth-order valence-electron chi connectivity index (χ4n) is 1.53. The van der Waals surface area contributed by atoms with Gasteiger partial charge in [0, 0.05) is 6.04 Å². The number of amides is 1. The van der Waals surface area contributed by atoms with E-state index in [4.69, 9.17) is 10.8 Å². The van der Waals surface area contributed by atoms with Gasteiger partial charge < -0.3 is 16.2 Å². The number of carboxylic acid groups (broad SMARTS) is 1. The van der Waals surface area contributed by atoms with Crippen molar-refractivity contribution >= 4 is 11.9 Å². The second-order valence-corrected chi connectivity index (χ2v) is 5.94. The zero-order valence-electron chi connectivity index (χ0n) is 12.0. The smallest absolute Gasteiger partial charge is 0.305 e. The Hall–Kier alpha value is -1.10. The maximum atomic E-state index is 12.0. The molecule has 3 unspecified atom stereocenters. The fraction of sp³-hybridized carbons (Fsp3) is 0.846. The molecule has 0 aromatic rings. The second kappa shape index (κ2) is 6.73. The van der Waals surface area contributed by atoms with Gasteiger partial charge in [-0.1, -0.05) is 41.0 Å². The van der Waals surface area contributed by atoms with Gasteiger partial charge in [-0.2, -0.15) is 0 Å². The second-order valence-electron chi connectivity index (χ2n) is 5.94. The molecule has 0 saturated heterocycles. The Morgan fingerprint density at radius 2 is 1.83 bits per heavy atom. The van der Waals surface area contributed by atoms with Gasteiger partial charge in [-0.05, 0) is 11.3 Å². The van der Waals surface area contributed by atoms with E-state index in [2.05, 4.69) is 5.32 Å². The minimum absolute atomic E-state index is 0.0791. The quantitative estimate of drug-likeness (QED) is 0.671. The van der Waals surface area contributed by atoms with Crippen LogP contribution in [-0.2, 0) is 9.59 Å². The van der Waals surface area contributed by atoms with E-state index >= 15 is 0 Å². The number of hydrogen-bond donors (Lipinski definition) is 3. The van der Waals surface area contributed by atoms with Crippen LogP contribution in [0.1, 0.15) is 47.5 Å². The summed E-state index contributed by atoms with van der Waals surface area (Å²) in [5.41, 5.74) is 5.52. The predicted molar refractivity (Wildman–Crippen MR) is 71.1 cm³/mol. The number of nitrogens with two attached hydrogens (primary N) is 1. The van der Waals surface area contributed by atoms with Gasteiger partial charge in [-0.3, -0.25) is 9.59 Å². The Morgan fingerprint density at radius 3 is 2.17 bits per heavy atom. The lowest BCUT2D eigenvalue weighted by Gasteiger charge is -2.32. The van der Waals surface area contributed by atoms with Crippen molar-refractivity contribution in [2.45, 2.75) is 59.5 Å². The molecule has 106 valence electrons. The van der Waals surface area contributed by atoms with Gasteiger partial charge in [0.1, 0.15) is 0 Å². The van der Waals surface area contributed by atoms with Crippen molar-refractivity contribution in [3.05, 3.63) is 0 Å². The molecule has 0 bridgehead atoms. The molecular formula is C13H26N2O3. The van der Waals surface area contributed by atoms with Crippen LogP contribution in [0.4, 0.5) is 0 Å². The molecule has 0 aliphatic rings. The van der Waals surface area contributed by atoms with Crippen LogP contribution in [-0.4, -0.2) is 29.1 Å². The van der Waals surface area contributed by atoms with Crippen LogP contribution < -0.4 is 11.1 Å². The van der Waals surface area contributed by atoms with E-state index in [0.29, 0.717) is 0 Å². The average Bonchev–Trinajstić information content (AvgIpc) is 2.24. The Morgan fingerprint density at radius 1 is 1.33 bits per heavy atom. The number of hydrogen-bond acceptors (Lipinski definition) is 3. The first-order valence-electron chi connectivity index (χ1n) is 6.37. The minimum atomic E-state index is -0.924. The SMILES string of the molecule is CCC(C)C(N)C(=O)NC(CC(=O)O)C(C)(C)C. The van der Waals surface area contributed by atoms with E-state index < -0.39 is 18.1 Å². The summed E-state index contributed by atoms with van der Waals surface area (Å²) in [5.74, 6) is -1.12. The normalized spacial score (nSPS) is 16.8. The third-order valence-electron chi connectivity index (χ3n) is 3.30. The van der Waals surface area contributed by atoms with Gasteiger partial charge in [0.15, 0.2) is 0 Å². The number of carbonyl (C=O) groups is 2. The molecule has 0 spiro atoms. The highest BCUT2D eigenvalue weighted by molar-refractivity contribution is 5.82. The molecular weight excluding hydrogens is 232 g/mol. The molecule has 1 amide bonds. The van der Waals surface area contributed by atoms with Gasteiger partial charge in [0.25, 0.3) is 0 Å². The van der Waals surface area contributed by atoms with Crippen molar-refractivity contribution in [3.63, 3.8) is 0 Å². The molecule has 0 aromatic carbocycles. The molecule has 0 aliphatic carbocycles. The standard InChI is InChI=1S/C13H26N2O3/c1-6-8(2)11(14)12(18)15-9(7-10(16)17)13(3,4)5/h8-9,11H,6-7,14H2,1-5H3,(H,15,18)(H,16,17). The fourth-order valence-corrected chi connectivity index (χ4v) is 1.53. The van der Waals surface area contributed by atoms with Crippen molar-refractivity contribution in [2.75, 3.05) is 0 Å². The van der Waals surface area contributed by atoms with Crippen molar-refractivity contribution in [1.29, 1.82) is 0 Å². The number of aliphatic carboxylic acids is 1. The van der Waals surface area contributed by atoms with Crippen LogP contribution in [0.2, 0.25) is 0 Å². The van der Waals surface area contributed by atoms with E-state index in [1.54, 1.807) is 0 Å². The molecule has 18 heavy (non-hydrogen) atoms. The zero-order chi connectivity index (χ0) is 14.5. The van der Waals surface area contributed by atoms with Gasteiger partial charge in [0.2, 0.25) is 5.91 Å². The van der Waals surface area contributed by atoms with Crippen LogP contribution >= 0.6 is 0 Å². The summed E-state index contributed by atoms with van der Waals surface area (Å²) in [6.45, 7) is 9.57. The van der Waals surface area contributed by atoms with Crippen LogP contribution in [0.25, 0.3) is 0 Å². The third-order valence-corrected chi connectivity index (χ3v) is 3.30. The van der Waals surface area contributed by atoms with Crippen molar-refractivity contribution in [1.82, 2.24) is 5.32 Å². The average molecular weight is 258 g/mol. The lowest BCUT2D eigenvalue weighted by atomic mass is 9.84. The summed E-state index contributed by atoms with van der Waals surface area (Å²) in [6, 6.07) is -1.01. The zero-order valence-corrected chi connectivity index (χ0v) is 12.0. The molecule has 4 N–H and O–H groups in total. The predicted octanol–water partition coefficient (Wildman–Crippen LogP) is 1.37. The Kier molecular flexibility index (Phi) is 6.32. The van der Waals surface area contributed by atoms with E-state index in [-0.39, 0.29) is 23.7 Å². The molecule has 0 saturated carbocycles. The molecule has 5 nitrogen and oxygen atoms in total. The van der Waals surface area contributed by atoms with Crippen LogP contribution in [0.15, 0.2) is 0 Å². The van der Waals surface area contributed by atoms with Crippen molar-refractivity contribution in [2.24, 2.45) is 17.1 Å². The largest absolute Gasteiger partial charge is 0.481 e. The summed E-state index contributed by atoms with van der Waals surface area (Å²) in [4.78, 5) is 22.8. The summed E-state index contributed by atoms with van der Waals surface area (Å²) < 4.78 is 0. The van der Waals surface area contributed by atoms with Crippen LogP contribution in [0.3, 0.4) is 0 Å². The van der Waals surface area contributed by atoms with Crippen molar-refractivity contribution < 1.29 is 14.7 Å². The van der Waals surface area contributed by atoms with Gasteiger partial charge in [0.05, 0.1) is 12.5 Å². The molecule has 0 aromatic heterocycles. The molecule has 0 fully saturated rings. The maximum absolute atomic E-state index is 12.0. The van der Waals surface area contributed by atoms with E-state index in [1.165, 1.54) is 0 Å². The summed E-state index contributed by atoms with van der Waals surface area (Å²) in [6.07, 6.45) is 0.718. The molecule has 3 atom stereocenters. The van der Waals surface area contributed by atoms with Crippen molar-refractivity contribution in [3.8, 4) is 0 Å². The van der Waals surface area contributed by atoms with Crippen LogP contribution in [0, 0.1) is 11.3 Å². The van der Waals surface area contributed by atoms with Gasteiger partial charge in [-0.25, -0.2) is 0 Å². The monoisotopic (exact) mass is 258 g/mol. The molecule has 0 heterocycles. The summed E-state index contributed by atoms with van der Waals surface area (Å²) >= 11 is 0. The van der Waals surface area contributed by atoms with E-state index in [9.17, 15) is 9.59 Å². The lowest BCUT2D eigenvalue weighted by molar-refractivity contribution is -0.138. The molecule has 5 heteroatoms. The first-order valence-corrected chi connectivity index (χ1v) is 6.37. The first-order chi connectivity index (χ1) is 8.09. The molecule has 0 radical (unpaired) electrons. The number of rotatable bonds is 6. The third kappa shape index (κ3) is 5.49. The number of carbonyl (C=O) groups excluding carboxylic acids is 1. The topological polar surface area (TPSA) is 92.4 Å². The molecule has 0 aliphatic heterocycles. The highest BCUT2D eigenvalue weighted by Gasteiger charge is 2.30. The van der Waals surface area contributed by atoms with Gasteiger partial charge in [-0.15, -0.1) is 0 Å². The highest BCUT2D eigenvalue weighted by atomic mass is 16.4. The molecule has 0 rings (SSSR count). The highest BCUT2D eigenvalue weighted by Crippen LogP contribution is 2.22. The number of nitrogens with one attached hydrogen (secondary N) is 1. The number of carboxylic acids is 1. The van der Waals surface area contributed by atoms with E-state index in [0.717, 1.165) is 6.42 Å². The Bertz CT molecular complexity index is 297. The first kappa shape index (κ1) is 16.9.